The summed E-state index contributed by atoms with van der Waals surface area (Å²) in [6.45, 7) is 5.09. The first kappa shape index (κ1) is 22.2. The summed E-state index contributed by atoms with van der Waals surface area (Å²) in [6, 6.07) is 5.04. The van der Waals surface area contributed by atoms with Crippen LogP contribution in [0.1, 0.15) is 36.3 Å². The highest BCUT2D eigenvalue weighted by molar-refractivity contribution is 6.30. The minimum Gasteiger partial charge on any atom is -0.395 e. The van der Waals surface area contributed by atoms with Gasteiger partial charge in [-0.15, -0.1) is 0 Å². The fourth-order valence-corrected chi connectivity index (χ4v) is 3.64. The monoisotopic (exact) mass is 444 g/mol. The van der Waals surface area contributed by atoms with Crippen molar-refractivity contribution in [3.05, 3.63) is 52.8 Å². The molecule has 0 fully saturated rings. The summed E-state index contributed by atoms with van der Waals surface area (Å²) in [5.74, 6) is -0.881. The number of nitrogens with one attached hydrogen (secondary N) is 2. The second-order valence-electron chi connectivity index (χ2n) is 6.91. The van der Waals surface area contributed by atoms with E-state index in [0.29, 0.717) is 11.1 Å². The lowest BCUT2D eigenvalue weighted by Crippen LogP contribution is -2.24. The van der Waals surface area contributed by atoms with Crippen LogP contribution in [0.5, 0.6) is 0 Å². The number of aliphatic hydroxyl groups excluding tert-OH is 1. The molecule has 0 saturated heterocycles. The number of hydrogen-bond acceptors (Lipinski definition) is 4. The summed E-state index contributed by atoms with van der Waals surface area (Å²) in [5.41, 5.74) is 1.66. The summed E-state index contributed by atoms with van der Waals surface area (Å²) >= 11 is 6.11. The van der Waals surface area contributed by atoms with E-state index < -0.39 is 18.4 Å². The molecule has 0 saturated carbocycles. The van der Waals surface area contributed by atoms with Crippen LogP contribution in [0.15, 0.2) is 30.9 Å². The molecule has 2 heterocycles. The maximum absolute atomic E-state index is 14.7. The first-order valence-electron chi connectivity index (χ1n) is 9.23. The van der Waals surface area contributed by atoms with Gasteiger partial charge in [0.1, 0.15) is 11.5 Å². The number of halogens is 5. The van der Waals surface area contributed by atoms with E-state index in [2.05, 4.69) is 22.2 Å². The van der Waals surface area contributed by atoms with Gasteiger partial charge in [-0.3, -0.25) is 0 Å². The minimum atomic E-state index is -4.54. The van der Waals surface area contributed by atoms with Crippen molar-refractivity contribution in [3.63, 3.8) is 0 Å². The number of nitrogens with zero attached hydrogens (tertiary/aromatic N) is 2. The maximum Gasteiger partial charge on any atom is 0.392 e. The second kappa shape index (κ2) is 8.69. The Morgan fingerprint density at radius 3 is 2.80 bits per heavy atom. The van der Waals surface area contributed by atoms with E-state index in [1.807, 2.05) is 13.0 Å². The predicted octanol–water partition coefficient (Wildman–Crippen LogP) is 5.40. The van der Waals surface area contributed by atoms with Gasteiger partial charge in [-0.1, -0.05) is 18.2 Å². The molecule has 3 N–H and O–H groups in total. The zero-order chi connectivity index (χ0) is 22.1. The molecule has 0 aliphatic carbocycles. The second-order valence-corrected chi connectivity index (χ2v) is 7.34. The van der Waals surface area contributed by atoms with Crippen molar-refractivity contribution in [1.82, 2.24) is 9.55 Å². The SMILES string of the molecule is C=Cc1nc(NC2c3cc(Cl)ccc3NC2C)n(CCO)c1/C(F)=C\CC(F)(F)F. The largest absolute Gasteiger partial charge is 0.395 e. The molecule has 2 atom stereocenters. The Kier molecular flexibility index (Phi) is 6.42. The molecule has 1 aromatic carbocycles. The van der Waals surface area contributed by atoms with Gasteiger partial charge in [-0.05, 0) is 37.3 Å². The van der Waals surface area contributed by atoms with E-state index in [4.69, 9.17) is 11.6 Å². The third kappa shape index (κ3) is 4.62. The topological polar surface area (TPSA) is 62.1 Å². The van der Waals surface area contributed by atoms with Gasteiger partial charge in [-0.2, -0.15) is 13.2 Å². The summed E-state index contributed by atoms with van der Waals surface area (Å²) in [6.07, 6.45) is -4.24. The van der Waals surface area contributed by atoms with Crippen LogP contribution >= 0.6 is 11.6 Å². The fourth-order valence-electron chi connectivity index (χ4n) is 3.46. The first-order chi connectivity index (χ1) is 14.1. The van der Waals surface area contributed by atoms with Gasteiger partial charge >= 0.3 is 6.18 Å². The molecule has 0 bridgehead atoms. The number of benzene rings is 1. The minimum absolute atomic E-state index is 0.0667. The number of aromatic nitrogens is 2. The molecule has 162 valence electrons. The molecule has 2 aromatic rings. The van der Waals surface area contributed by atoms with Gasteiger partial charge in [-0.25, -0.2) is 9.37 Å². The highest BCUT2D eigenvalue weighted by Gasteiger charge is 2.32. The molecule has 0 spiro atoms. The van der Waals surface area contributed by atoms with E-state index in [1.54, 1.807) is 12.1 Å². The van der Waals surface area contributed by atoms with Crippen LogP contribution in [0.2, 0.25) is 5.02 Å². The van der Waals surface area contributed by atoms with E-state index in [-0.39, 0.29) is 42.6 Å². The summed E-state index contributed by atoms with van der Waals surface area (Å²) in [7, 11) is 0. The number of allylic oxidation sites excluding steroid dienone is 1. The van der Waals surface area contributed by atoms with E-state index >= 15 is 0 Å². The number of fused-ring (bicyclic) bond motifs is 1. The predicted molar refractivity (Wildman–Crippen MR) is 110 cm³/mol. The third-order valence-electron chi connectivity index (χ3n) is 4.77. The smallest absolute Gasteiger partial charge is 0.392 e. The number of aliphatic hydroxyl groups is 1. The molecular formula is C20H21ClF4N4O. The van der Waals surface area contributed by atoms with Crippen molar-refractivity contribution in [2.75, 3.05) is 17.2 Å². The van der Waals surface area contributed by atoms with Gasteiger partial charge < -0.3 is 20.3 Å². The molecule has 5 nitrogen and oxygen atoms in total. The first-order valence-corrected chi connectivity index (χ1v) is 9.61. The van der Waals surface area contributed by atoms with E-state index in [9.17, 15) is 22.7 Å². The van der Waals surface area contributed by atoms with Crippen molar-refractivity contribution in [3.8, 4) is 0 Å². The van der Waals surface area contributed by atoms with Crippen molar-refractivity contribution in [1.29, 1.82) is 0 Å². The van der Waals surface area contributed by atoms with E-state index in [1.165, 1.54) is 10.6 Å². The highest BCUT2D eigenvalue weighted by Crippen LogP contribution is 2.38. The standard InChI is InChI=1S/C20H21ClF4N4O/c1-3-15-18(14(22)6-7-20(23,24)25)29(8-9-30)19(27-15)28-17-11(2)26-16-5-4-12(21)10-13(16)17/h3-6,10-11,17,26,30H,1,7-9H2,2H3,(H,27,28)/b14-6+. The van der Waals surface area contributed by atoms with Crippen LogP contribution in [0, 0.1) is 0 Å². The van der Waals surface area contributed by atoms with Crippen LogP contribution < -0.4 is 10.6 Å². The molecule has 1 aliphatic rings. The Hall–Kier alpha value is -2.52. The molecule has 1 aromatic heterocycles. The van der Waals surface area contributed by atoms with Crippen molar-refractivity contribution in [2.24, 2.45) is 0 Å². The zero-order valence-electron chi connectivity index (χ0n) is 16.1. The summed E-state index contributed by atoms with van der Waals surface area (Å²) in [5, 5.41) is 16.5. The number of rotatable bonds is 7. The summed E-state index contributed by atoms with van der Waals surface area (Å²) < 4.78 is 53.6. The van der Waals surface area contributed by atoms with Gasteiger partial charge in [0.05, 0.1) is 24.8 Å². The lowest BCUT2D eigenvalue weighted by molar-refractivity contribution is -0.125. The fraction of sp³-hybridized carbons (Fsp3) is 0.350. The quantitative estimate of drug-likeness (QED) is 0.500. The van der Waals surface area contributed by atoms with Gasteiger partial charge in [0.2, 0.25) is 5.95 Å². The Labute approximate surface area is 176 Å². The Morgan fingerprint density at radius 2 is 2.17 bits per heavy atom. The number of hydrogen-bond donors (Lipinski definition) is 3. The Balaban J connectivity index is 2.01. The average molecular weight is 445 g/mol. The number of anilines is 2. The van der Waals surface area contributed by atoms with Crippen LogP contribution in [0.25, 0.3) is 11.9 Å². The molecule has 0 amide bonds. The van der Waals surface area contributed by atoms with Crippen LogP contribution in [0.4, 0.5) is 29.2 Å². The van der Waals surface area contributed by atoms with Crippen molar-refractivity contribution in [2.45, 2.75) is 38.1 Å². The van der Waals surface area contributed by atoms with Crippen molar-refractivity contribution < 1.29 is 22.7 Å². The van der Waals surface area contributed by atoms with Gasteiger partial charge in [0.15, 0.2) is 0 Å². The van der Waals surface area contributed by atoms with Crippen molar-refractivity contribution >= 4 is 35.1 Å². The Morgan fingerprint density at radius 1 is 1.43 bits per heavy atom. The van der Waals surface area contributed by atoms with Gasteiger partial charge in [0.25, 0.3) is 0 Å². The molecule has 2 unspecified atom stereocenters. The number of imidazole rings is 1. The lowest BCUT2D eigenvalue weighted by Gasteiger charge is -2.20. The lowest BCUT2D eigenvalue weighted by atomic mass is 10.0. The molecule has 0 radical (unpaired) electrons. The van der Waals surface area contributed by atoms with E-state index in [0.717, 1.165) is 11.3 Å². The average Bonchev–Trinajstić information content (AvgIpc) is 3.17. The Bertz CT molecular complexity index is 970. The molecular weight excluding hydrogens is 424 g/mol. The van der Waals surface area contributed by atoms with Crippen LogP contribution in [-0.4, -0.2) is 33.5 Å². The molecule has 3 rings (SSSR count). The maximum atomic E-state index is 14.7. The number of alkyl halides is 3. The highest BCUT2D eigenvalue weighted by atomic mass is 35.5. The van der Waals surface area contributed by atoms with Crippen LogP contribution in [-0.2, 0) is 6.54 Å². The normalized spacial score (nSPS) is 18.8. The zero-order valence-corrected chi connectivity index (χ0v) is 16.9. The molecule has 30 heavy (non-hydrogen) atoms. The third-order valence-corrected chi connectivity index (χ3v) is 5.00. The molecule has 1 aliphatic heterocycles. The molecule has 10 heteroatoms. The summed E-state index contributed by atoms with van der Waals surface area (Å²) in [4.78, 5) is 4.31. The van der Waals surface area contributed by atoms with Gasteiger partial charge in [0, 0.05) is 28.9 Å². The van der Waals surface area contributed by atoms with Crippen LogP contribution in [0.3, 0.4) is 0 Å².